The first-order chi connectivity index (χ1) is 16.5. The number of nitro benzene ring substituents is 1. The van der Waals surface area contributed by atoms with Crippen LogP contribution in [0.4, 0.5) is 5.69 Å². The van der Waals surface area contributed by atoms with E-state index in [0.29, 0.717) is 49.5 Å². The Morgan fingerprint density at radius 1 is 1.09 bits per heavy atom. The van der Waals surface area contributed by atoms with Crippen molar-refractivity contribution >= 4 is 28.1 Å². The zero-order chi connectivity index (χ0) is 23.8. The van der Waals surface area contributed by atoms with Crippen LogP contribution in [-0.4, -0.2) is 33.7 Å². The summed E-state index contributed by atoms with van der Waals surface area (Å²) in [6.45, 7) is 0. The third-order valence-electron chi connectivity index (χ3n) is 5.09. The number of nitro groups is 1. The second-order valence-corrected chi connectivity index (χ2v) is 8.10. The van der Waals surface area contributed by atoms with Crippen LogP contribution in [0.25, 0.3) is 33.7 Å². The van der Waals surface area contributed by atoms with Gasteiger partial charge in [-0.05, 0) is 36.4 Å². The van der Waals surface area contributed by atoms with Gasteiger partial charge < -0.3 is 13.9 Å². The summed E-state index contributed by atoms with van der Waals surface area (Å²) >= 11 is 1.16. The van der Waals surface area contributed by atoms with Crippen LogP contribution in [0.1, 0.15) is 5.76 Å². The summed E-state index contributed by atoms with van der Waals surface area (Å²) in [6.07, 6.45) is 1.57. The van der Waals surface area contributed by atoms with Gasteiger partial charge in [0.15, 0.2) is 17.3 Å². The minimum atomic E-state index is -0.465. The first-order valence-corrected chi connectivity index (χ1v) is 10.8. The van der Waals surface area contributed by atoms with Gasteiger partial charge in [-0.25, -0.2) is 0 Å². The summed E-state index contributed by atoms with van der Waals surface area (Å²) in [5, 5.41) is 15.6. The number of fused-ring (bicyclic) bond motifs is 1. The molecule has 11 heteroatoms. The summed E-state index contributed by atoms with van der Waals surface area (Å²) in [7, 11) is 3.09. The highest BCUT2D eigenvalue weighted by Crippen LogP contribution is 2.32. The minimum Gasteiger partial charge on any atom is -0.493 e. The third-order valence-corrected chi connectivity index (χ3v) is 6.05. The summed E-state index contributed by atoms with van der Waals surface area (Å²) in [5.41, 5.74) is 0.632. The zero-order valence-electron chi connectivity index (χ0n) is 17.9. The first-order valence-electron chi connectivity index (χ1n) is 9.96. The lowest BCUT2D eigenvalue weighted by Crippen LogP contribution is -2.23. The Hall–Kier alpha value is -4.51. The molecule has 0 fully saturated rings. The topological polar surface area (TPSA) is 122 Å². The molecule has 0 atom stereocenters. The van der Waals surface area contributed by atoms with E-state index in [-0.39, 0.29) is 11.2 Å². The molecule has 3 heterocycles. The average molecular weight is 476 g/mol. The molecule has 170 valence electrons. The molecular weight excluding hydrogens is 460 g/mol. The molecule has 5 rings (SSSR count). The smallest absolute Gasteiger partial charge is 0.291 e. The lowest BCUT2D eigenvalue weighted by atomic mass is 10.1. The Labute approximate surface area is 195 Å². The number of hydrogen-bond acceptors (Lipinski definition) is 9. The van der Waals surface area contributed by atoms with Crippen molar-refractivity contribution in [3.05, 3.63) is 85.4 Å². The predicted octanol–water partition coefficient (Wildman–Crippen LogP) is 3.55. The Bertz CT molecular complexity index is 1650. The fourth-order valence-electron chi connectivity index (χ4n) is 3.48. The van der Waals surface area contributed by atoms with Crippen LogP contribution < -0.4 is 19.6 Å². The SMILES string of the molecule is COc1ccc(-c2nc3s/c(=C\c4ccc(-c5ccccc5[N+](=O)[O-])o4)c(=O)n3n2)cc1OC. The van der Waals surface area contributed by atoms with E-state index < -0.39 is 4.92 Å². The Morgan fingerprint density at radius 2 is 1.88 bits per heavy atom. The highest BCUT2D eigenvalue weighted by atomic mass is 32.1. The van der Waals surface area contributed by atoms with Crippen LogP contribution in [0.15, 0.2) is 63.8 Å². The summed E-state index contributed by atoms with van der Waals surface area (Å²) < 4.78 is 17.9. The molecule has 0 N–H and O–H groups in total. The van der Waals surface area contributed by atoms with Gasteiger partial charge in [-0.15, -0.1) is 5.10 Å². The van der Waals surface area contributed by atoms with E-state index in [9.17, 15) is 14.9 Å². The van der Waals surface area contributed by atoms with E-state index in [0.717, 1.165) is 11.3 Å². The molecule has 0 bridgehead atoms. The molecule has 0 aliphatic carbocycles. The molecule has 0 saturated heterocycles. The quantitative estimate of drug-likeness (QED) is 0.269. The lowest BCUT2D eigenvalue weighted by Gasteiger charge is -2.07. The standard InChI is InChI=1S/C23H16N4O6S/c1-31-18-9-7-13(11-19(18)32-2)21-24-23-26(25-21)22(28)20(34-23)12-14-8-10-17(33-14)15-5-3-4-6-16(15)27(29)30/h3-12H,1-2H3/b20-12-. The van der Waals surface area contributed by atoms with Crippen LogP contribution in [0, 0.1) is 10.1 Å². The largest absolute Gasteiger partial charge is 0.493 e. The number of benzene rings is 2. The molecule has 0 saturated carbocycles. The van der Waals surface area contributed by atoms with Crippen molar-refractivity contribution in [3.8, 4) is 34.2 Å². The van der Waals surface area contributed by atoms with E-state index in [2.05, 4.69) is 10.1 Å². The number of ether oxygens (including phenoxy) is 2. The van der Waals surface area contributed by atoms with Crippen molar-refractivity contribution in [2.75, 3.05) is 14.2 Å². The maximum Gasteiger partial charge on any atom is 0.291 e. The number of aromatic nitrogens is 3. The number of para-hydroxylation sites is 1. The maximum absolute atomic E-state index is 12.9. The van der Waals surface area contributed by atoms with Gasteiger partial charge in [0, 0.05) is 17.7 Å². The molecule has 5 aromatic rings. The van der Waals surface area contributed by atoms with Gasteiger partial charge in [0.25, 0.3) is 11.2 Å². The van der Waals surface area contributed by atoms with Crippen molar-refractivity contribution in [2.24, 2.45) is 0 Å². The Balaban J connectivity index is 1.50. The molecular formula is C23H16N4O6S. The van der Waals surface area contributed by atoms with Crippen molar-refractivity contribution in [1.82, 2.24) is 14.6 Å². The molecule has 0 unspecified atom stereocenters. The zero-order valence-corrected chi connectivity index (χ0v) is 18.7. The van der Waals surface area contributed by atoms with E-state index in [1.54, 1.807) is 61.7 Å². The van der Waals surface area contributed by atoms with Crippen LogP contribution in [0.5, 0.6) is 11.5 Å². The third kappa shape index (κ3) is 3.67. The summed E-state index contributed by atoms with van der Waals surface area (Å²) in [5.74, 6) is 2.21. The molecule has 34 heavy (non-hydrogen) atoms. The van der Waals surface area contributed by atoms with Gasteiger partial charge in [-0.3, -0.25) is 14.9 Å². The van der Waals surface area contributed by atoms with Gasteiger partial charge in [-0.2, -0.15) is 9.50 Å². The van der Waals surface area contributed by atoms with Crippen LogP contribution >= 0.6 is 11.3 Å². The number of methoxy groups -OCH3 is 2. The summed E-state index contributed by atoms with van der Waals surface area (Å²) in [4.78, 5) is 28.6. The Kier molecular flexibility index (Phi) is 5.30. The van der Waals surface area contributed by atoms with E-state index in [1.165, 1.54) is 17.7 Å². The van der Waals surface area contributed by atoms with E-state index in [4.69, 9.17) is 13.9 Å². The monoisotopic (exact) mass is 476 g/mol. The van der Waals surface area contributed by atoms with Gasteiger partial charge in [0.1, 0.15) is 16.1 Å². The molecule has 10 nitrogen and oxygen atoms in total. The molecule has 0 amide bonds. The average Bonchev–Trinajstić information content (AvgIpc) is 3.56. The van der Waals surface area contributed by atoms with Gasteiger partial charge in [0.05, 0.1) is 24.7 Å². The minimum absolute atomic E-state index is 0.0607. The van der Waals surface area contributed by atoms with Crippen LogP contribution in [0.3, 0.4) is 0 Å². The number of rotatable bonds is 6. The number of thiazole rings is 1. The number of nitrogens with zero attached hydrogens (tertiary/aromatic N) is 4. The predicted molar refractivity (Wildman–Crippen MR) is 125 cm³/mol. The highest BCUT2D eigenvalue weighted by molar-refractivity contribution is 7.15. The highest BCUT2D eigenvalue weighted by Gasteiger charge is 2.18. The van der Waals surface area contributed by atoms with Crippen molar-refractivity contribution in [1.29, 1.82) is 0 Å². The molecule has 0 radical (unpaired) electrons. The lowest BCUT2D eigenvalue weighted by molar-refractivity contribution is -0.384. The van der Waals surface area contributed by atoms with Gasteiger partial charge in [0.2, 0.25) is 4.96 Å². The fourth-order valence-corrected chi connectivity index (χ4v) is 4.36. The summed E-state index contributed by atoms with van der Waals surface area (Å²) in [6, 6.07) is 14.8. The van der Waals surface area contributed by atoms with Gasteiger partial charge in [-0.1, -0.05) is 23.5 Å². The maximum atomic E-state index is 12.9. The van der Waals surface area contributed by atoms with Crippen LogP contribution in [-0.2, 0) is 0 Å². The molecule has 0 aliphatic rings. The van der Waals surface area contributed by atoms with E-state index >= 15 is 0 Å². The first kappa shape index (κ1) is 21.3. The van der Waals surface area contributed by atoms with Crippen molar-refractivity contribution in [2.45, 2.75) is 0 Å². The second kappa shape index (κ2) is 8.45. The van der Waals surface area contributed by atoms with Crippen molar-refractivity contribution < 1.29 is 18.8 Å². The number of hydrogen-bond donors (Lipinski definition) is 0. The normalized spacial score (nSPS) is 11.8. The fraction of sp³-hybridized carbons (Fsp3) is 0.0870. The molecule has 2 aromatic carbocycles. The van der Waals surface area contributed by atoms with Crippen LogP contribution in [0.2, 0.25) is 0 Å². The van der Waals surface area contributed by atoms with E-state index in [1.807, 2.05) is 0 Å². The number of furan rings is 1. The molecule has 3 aromatic heterocycles. The van der Waals surface area contributed by atoms with Crippen molar-refractivity contribution in [3.63, 3.8) is 0 Å². The Morgan fingerprint density at radius 3 is 2.62 bits per heavy atom. The molecule has 0 aliphatic heterocycles. The second-order valence-electron chi connectivity index (χ2n) is 7.09. The molecule has 0 spiro atoms. The van der Waals surface area contributed by atoms with Gasteiger partial charge >= 0.3 is 0 Å².